The topological polar surface area (TPSA) is 102 Å². The number of hydrogen-bond donors (Lipinski definition) is 1. The minimum absolute atomic E-state index is 0.0202. The van der Waals surface area contributed by atoms with Crippen molar-refractivity contribution in [1.29, 1.82) is 0 Å². The first kappa shape index (κ1) is 25.9. The van der Waals surface area contributed by atoms with Gasteiger partial charge in [0, 0.05) is 30.9 Å². The quantitative estimate of drug-likeness (QED) is 0.347. The van der Waals surface area contributed by atoms with Gasteiger partial charge in [0.25, 0.3) is 10.0 Å². The summed E-state index contributed by atoms with van der Waals surface area (Å²) in [5.74, 6) is 0.771. The van der Waals surface area contributed by atoms with E-state index >= 15 is 0 Å². The number of sulfonamides is 1. The van der Waals surface area contributed by atoms with Crippen LogP contribution in [0, 0.1) is 13.8 Å². The van der Waals surface area contributed by atoms with Gasteiger partial charge >= 0.3 is 0 Å². The van der Waals surface area contributed by atoms with Crippen LogP contribution in [0.25, 0.3) is 11.3 Å². The molecular weight excluding hydrogens is 500 g/mol. The summed E-state index contributed by atoms with van der Waals surface area (Å²) in [6, 6.07) is 16.1. The summed E-state index contributed by atoms with van der Waals surface area (Å²) in [5.41, 5.74) is 4.74. The summed E-state index contributed by atoms with van der Waals surface area (Å²) in [7, 11) is -0.125. The molecule has 1 fully saturated rings. The molecule has 1 aliphatic heterocycles. The Balaban J connectivity index is 1.48. The van der Waals surface area contributed by atoms with Crippen molar-refractivity contribution in [2.75, 3.05) is 18.3 Å². The number of ether oxygens (including phenoxy) is 1. The predicted octanol–water partition coefficient (Wildman–Crippen LogP) is 5.24. The standard InChI is InChI=1S/C28H32N6O3S/c1-19-8-7-9-20(2)27(19)24-16-26(31-28(30-24)32-38(35,36)23-17-29-34(4)18-23)37-22-13-11-21(12-14-22)25-10-5-6-15-33(25)3/h7-9,11-14,16-18,25H,5-6,10,15H2,1-4H3,(H,30,31,32). The molecule has 9 nitrogen and oxygen atoms in total. The minimum atomic E-state index is -3.94. The van der Waals surface area contributed by atoms with E-state index in [-0.39, 0.29) is 16.7 Å². The molecule has 38 heavy (non-hydrogen) atoms. The number of hydrogen-bond acceptors (Lipinski definition) is 7. The average Bonchev–Trinajstić information content (AvgIpc) is 3.32. The molecule has 2 aromatic carbocycles. The Morgan fingerprint density at radius 2 is 1.74 bits per heavy atom. The molecule has 4 aromatic rings. The van der Waals surface area contributed by atoms with Crippen LogP contribution in [-0.2, 0) is 17.1 Å². The van der Waals surface area contributed by atoms with Crippen molar-refractivity contribution in [2.24, 2.45) is 7.05 Å². The van der Waals surface area contributed by atoms with Gasteiger partial charge in [-0.2, -0.15) is 10.1 Å². The zero-order chi connectivity index (χ0) is 26.9. The lowest BCUT2D eigenvalue weighted by molar-refractivity contribution is 0.187. The number of anilines is 1. The molecule has 0 bridgehead atoms. The van der Waals surface area contributed by atoms with Gasteiger partial charge in [0.05, 0.1) is 11.9 Å². The van der Waals surface area contributed by atoms with Crippen LogP contribution in [0.15, 0.2) is 65.8 Å². The maximum absolute atomic E-state index is 13.0. The van der Waals surface area contributed by atoms with E-state index in [0.717, 1.165) is 29.7 Å². The van der Waals surface area contributed by atoms with Crippen molar-refractivity contribution >= 4 is 16.0 Å². The van der Waals surface area contributed by atoms with Gasteiger partial charge in [0.15, 0.2) is 0 Å². The third-order valence-corrected chi connectivity index (χ3v) is 8.20. The van der Waals surface area contributed by atoms with Gasteiger partial charge in [-0.1, -0.05) is 36.8 Å². The molecule has 1 N–H and O–H groups in total. The van der Waals surface area contributed by atoms with Crippen LogP contribution in [0.5, 0.6) is 11.6 Å². The van der Waals surface area contributed by atoms with Gasteiger partial charge in [0.2, 0.25) is 11.8 Å². The van der Waals surface area contributed by atoms with Crippen LogP contribution < -0.4 is 9.46 Å². The summed E-state index contributed by atoms with van der Waals surface area (Å²) in [5, 5.41) is 3.96. The fourth-order valence-electron chi connectivity index (χ4n) is 4.96. The number of benzene rings is 2. The van der Waals surface area contributed by atoms with E-state index in [4.69, 9.17) is 4.74 Å². The van der Waals surface area contributed by atoms with E-state index in [9.17, 15) is 8.42 Å². The molecule has 10 heteroatoms. The average molecular weight is 533 g/mol. The molecule has 3 heterocycles. The molecule has 2 aromatic heterocycles. The van der Waals surface area contributed by atoms with Crippen molar-refractivity contribution in [3.05, 3.63) is 77.6 Å². The number of nitrogens with zero attached hydrogens (tertiary/aromatic N) is 5. The summed E-state index contributed by atoms with van der Waals surface area (Å²) in [6.45, 7) is 5.08. The third-order valence-electron chi connectivity index (χ3n) is 6.91. The van der Waals surface area contributed by atoms with Crippen LogP contribution in [0.4, 0.5) is 5.95 Å². The Kier molecular flexibility index (Phi) is 7.18. The molecule has 1 atom stereocenters. The maximum atomic E-state index is 13.0. The molecular formula is C28H32N6O3S. The lowest BCUT2D eigenvalue weighted by Gasteiger charge is -2.32. The Labute approximate surface area is 223 Å². The molecule has 0 spiro atoms. The number of likely N-dealkylation sites (tertiary alicyclic amines) is 1. The molecule has 0 amide bonds. The van der Waals surface area contributed by atoms with Crippen LogP contribution in [0.2, 0.25) is 0 Å². The number of nitrogens with one attached hydrogen (secondary N) is 1. The van der Waals surface area contributed by atoms with Crippen molar-refractivity contribution in [2.45, 2.75) is 44.0 Å². The Morgan fingerprint density at radius 1 is 1.00 bits per heavy atom. The fraction of sp³-hybridized carbons (Fsp3) is 0.321. The second-order valence-corrected chi connectivity index (χ2v) is 11.5. The van der Waals surface area contributed by atoms with Crippen molar-refractivity contribution in [3.8, 4) is 22.9 Å². The molecule has 1 unspecified atom stereocenters. The summed E-state index contributed by atoms with van der Waals surface area (Å²) >= 11 is 0. The van der Waals surface area contributed by atoms with E-state index in [1.54, 1.807) is 13.1 Å². The number of rotatable bonds is 7. The third kappa shape index (κ3) is 5.56. The maximum Gasteiger partial charge on any atom is 0.267 e. The zero-order valence-electron chi connectivity index (χ0n) is 22.0. The lowest BCUT2D eigenvalue weighted by Crippen LogP contribution is -2.29. The van der Waals surface area contributed by atoms with Gasteiger partial charge < -0.3 is 4.74 Å². The van der Waals surface area contributed by atoms with Gasteiger partial charge in [-0.25, -0.2) is 18.1 Å². The van der Waals surface area contributed by atoms with Gasteiger partial charge in [-0.3, -0.25) is 9.58 Å². The summed E-state index contributed by atoms with van der Waals surface area (Å²) in [6.07, 6.45) is 6.30. The highest BCUT2D eigenvalue weighted by Gasteiger charge is 2.22. The number of piperidine rings is 1. The molecule has 5 rings (SSSR count). The lowest BCUT2D eigenvalue weighted by atomic mass is 9.96. The van der Waals surface area contributed by atoms with E-state index in [0.29, 0.717) is 17.5 Å². The first-order chi connectivity index (χ1) is 18.2. The van der Waals surface area contributed by atoms with E-state index in [1.165, 1.54) is 35.5 Å². The SMILES string of the molecule is Cc1cccc(C)c1-c1cc(Oc2ccc(C3CCCCN3C)cc2)nc(NS(=O)(=O)c2cnn(C)c2)n1. The highest BCUT2D eigenvalue weighted by atomic mass is 32.2. The normalized spacial score (nSPS) is 16.4. The number of aromatic nitrogens is 4. The first-order valence-electron chi connectivity index (χ1n) is 12.6. The predicted molar refractivity (Wildman–Crippen MR) is 147 cm³/mol. The zero-order valence-corrected chi connectivity index (χ0v) is 22.9. The summed E-state index contributed by atoms with van der Waals surface area (Å²) < 4.78 is 36.0. The molecule has 0 aliphatic carbocycles. The van der Waals surface area contributed by atoms with Crippen molar-refractivity contribution in [1.82, 2.24) is 24.6 Å². The van der Waals surface area contributed by atoms with Crippen LogP contribution in [0.1, 0.15) is 42.0 Å². The first-order valence-corrected chi connectivity index (χ1v) is 14.1. The monoisotopic (exact) mass is 532 g/mol. The molecule has 0 saturated carbocycles. The Bertz CT molecular complexity index is 1530. The van der Waals surface area contributed by atoms with Crippen LogP contribution in [0.3, 0.4) is 0 Å². The van der Waals surface area contributed by atoms with Crippen molar-refractivity contribution < 1.29 is 13.2 Å². The Morgan fingerprint density at radius 3 is 2.39 bits per heavy atom. The second-order valence-electron chi connectivity index (χ2n) is 9.80. The van der Waals surface area contributed by atoms with Crippen LogP contribution in [-0.4, -0.2) is 46.7 Å². The molecule has 198 valence electrons. The molecule has 1 aliphatic rings. The number of aryl methyl sites for hydroxylation is 3. The van der Waals surface area contributed by atoms with Crippen LogP contribution >= 0.6 is 0 Å². The highest BCUT2D eigenvalue weighted by Crippen LogP contribution is 2.33. The van der Waals surface area contributed by atoms with E-state index in [2.05, 4.69) is 43.9 Å². The smallest absolute Gasteiger partial charge is 0.267 e. The van der Waals surface area contributed by atoms with Gasteiger partial charge in [-0.05, 0) is 69.1 Å². The molecule has 1 saturated heterocycles. The molecule has 0 radical (unpaired) electrons. The van der Waals surface area contributed by atoms with Crippen molar-refractivity contribution in [3.63, 3.8) is 0 Å². The Hall–Kier alpha value is -3.76. The highest BCUT2D eigenvalue weighted by molar-refractivity contribution is 7.92. The fourth-order valence-corrected chi connectivity index (χ4v) is 5.89. The van der Waals surface area contributed by atoms with Gasteiger partial charge in [0.1, 0.15) is 10.6 Å². The van der Waals surface area contributed by atoms with E-state index in [1.807, 2.05) is 44.2 Å². The van der Waals surface area contributed by atoms with E-state index < -0.39 is 10.0 Å². The largest absolute Gasteiger partial charge is 0.439 e. The minimum Gasteiger partial charge on any atom is -0.439 e. The van der Waals surface area contributed by atoms with Gasteiger partial charge in [-0.15, -0.1) is 0 Å². The summed E-state index contributed by atoms with van der Waals surface area (Å²) in [4.78, 5) is 11.4. The second kappa shape index (κ2) is 10.5.